The van der Waals surface area contributed by atoms with Crippen LogP contribution in [0.25, 0.3) is 10.9 Å². The van der Waals surface area contributed by atoms with Crippen molar-refractivity contribution in [3.8, 4) is 0 Å². The number of aromatic amines is 1. The molecule has 0 bridgehead atoms. The van der Waals surface area contributed by atoms with Crippen molar-refractivity contribution in [1.82, 2.24) is 4.98 Å². The van der Waals surface area contributed by atoms with Gasteiger partial charge in [-0.2, -0.15) is 0 Å². The molecule has 0 saturated carbocycles. The first kappa shape index (κ1) is 9.87. The van der Waals surface area contributed by atoms with E-state index in [9.17, 15) is 0 Å². The smallest absolute Gasteiger partial charge is 0.0456 e. The zero-order valence-electron chi connectivity index (χ0n) is 7.46. The SMILES string of the molecule is NCCc1c[nH]c2ccccc12.[B]. The van der Waals surface area contributed by atoms with E-state index in [1.165, 1.54) is 16.5 Å². The van der Waals surface area contributed by atoms with E-state index in [2.05, 4.69) is 23.2 Å². The molecule has 0 aliphatic rings. The fourth-order valence-electron chi connectivity index (χ4n) is 1.49. The van der Waals surface area contributed by atoms with Crippen LogP contribution in [0.4, 0.5) is 0 Å². The quantitative estimate of drug-likeness (QED) is 0.656. The Hall–Kier alpha value is -1.22. The Bertz CT molecular complexity index is 381. The first-order valence-corrected chi connectivity index (χ1v) is 4.17. The van der Waals surface area contributed by atoms with E-state index in [0.29, 0.717) is 6.54 Å². The Morgan fingerprint density at radius 1 is 1.23 bits per heavy atom. The molecule has 1 aromatic carbocycles. The highest BCUT2D eigenvalue weighted by Gasteiger charge is 1.99. The van der Waals surface area contributed by atoms with Gasteiger partial charge in [-0.15, -0.1) is 0 Å². The monoisotopic (exact) mass is 171 g/mol. The third-order valence-electron chi connectivity index (χ3n) is 2.09. The number of H-pyrrole nitrogens is 1. The topological polar surface area (TPSA) is 41.8 Å². The Kier molecular flexibility index (Phi) is 3.15. The normalized spacial score (nSPS) is 9.92. The van der Waals surface area contributed by atoms with Crippen molar-refractivity contribution >= 4 is 19.3 Å². The molecule has 0 saturated heterocycles. The maximum Gasteiger partial charge on any atom is 0.0456 e. The van der Waals surface area contributed by atoms with Crippen LogP contribution in [0.1, 0.15) is 5.56 Å². The van der Waals surface area contributed by atoms with Crippen LogP contribution in [0.3, 0.4) is 0 Å². The minimum atomic E-state index is 0. The van der Waals surface area contributed by atoms with E-state index in [0.717, 1.165) is 6.42 Å². The molecule has 2 rings (SSSR count). The molecular weight excluding hydrogens is 159 g/mol. The fourth-order valence-corrected chi connectivity index (χ4v) is 1.49. The van der Waals surface area contributed by atoms with Gasteiger partial charge in [0.05, 0.1) is 0 Å². The minimum absolute atomic E-state index is 0. The molecule has 3 heteroatoms. The summed E-state index contributed by atoms with van der Waals surface area (Å²) in [5.74, 6) is 0. The van der Waals surface area contributed by atoms with Crippen LogP contribution < -0.4 is 5.73 Å². The van der Waals surface area contributed by atoms with Gasteiger partial charge in [0.2, 0.25) is 0 Å². The number of benzene rings is 1. The highest BCUT2D eigenvalue weighted by molar-refractivity contribution is 5.83. The lowest BCUT2D eigenvalue weighted by Crippen LogP contribution is -2.01. The van der Waals surface area contributed by atoms with Crippen molar-refractivity contribution in [1.29, 1.82) is 0 Å². The fraction of sp³-hybridized carbons (Fsp3) is 0.200. The van der Waals surface area contributed by atoms with Crippen LogP contribution in [-0.4, -0.2) is 19.9 Å². The summed E-state index contributed by atoms with van der Waals surface area (Å²) in [7, 11) is 0. The summed E-state index contributed by atoms with van der Waals surface area (Å²) >= 11 is 0. The van der Waals surface area contributed by atoms with Gasteiger partial charge in [-0.3, -0.25) is 0 Å². The molecule has 3 radical (unpaired) electrons. The van der Waals surface area contributed by atoms with E-state index < -0.39 is 0 Å². The molecule has 0 aliphatic heterocycles. The van der Waals surface area contributed by atoms with Gasteiger partial charge in [-0.05, 0) is 24.6 Å². The van der Waals surface area contributed by atoms with Crippen LogP contribution >= 0.6 is 0 Å². The molecule has 0 unspecified atom stereocenters. The van der Waals surface area contributed by atoms with Gasteiger partial charge in [0.1, 0.15) is 0 Å². The second-order valence-electron chi connectivity index (χ2n) is 2.90. The van der Waals surface area contributed by atoms with E-state index in [1.807, 2.05) is 12.3 Å². The van der Waals surface area contributed by atoms with Crippen molar-refractivity contribution < 1.29 is 0 Å². The number of hydrogen-bond donors (Lipinski definition) is 2. The van der Waals surface area contributed by atoms with Crippen LogP contribution in [-0.2, 0) is 6.42 Å². The average molecular weight is 171 g/mol. The Labute approximate surface area is 79.7 Å². The van der Waals surface area contributed by atoms with Crippen LogP contribution in [0, 0.1) is 0 Å². The number of nitrogens with two attached hydrogens (primary N) is 1. The largest absolute Gasteiger partial charge is 0.361 e. The summed E-state index contributed by atoms with van der Waals surface area (Å²) in [5, 5.41) is 1.29. The lowest BCUT2D eigenvalue weighted by Gasteiger charge is -1.93. The Balaban J connectivity index is 0.000000845. The van der Waals surface area contributed by atoms with Crippen molar-refractivity contribution in [3.05, 3.63) is 36.0 Å². The summed E-state index contributed by atoms with van der Waals surface area (Å²) in [6.45, 7) is 0.710. The molecule has 1 aromatic heterocycles. The van der Waals surface area contributed by atoms with Crippen LogP contribution in [0.2, 0.25) is 0 Å². The molecular formula is C10H12BN2. The number of para-hydroxylation sites is 1. The Morgan fingerprint density at radius 3 is 2.77 bits per heavy atom. The van der Waals surface area contributed by atoms with Gasteiger partial charge in [0.25, 0.3) is 0 Å². The minimum Gasteiger partial charge on any atom is -0.361 e. The average Bonchev–Trinajstić information content (AvgIpc) is 2.50. The van der Waals surface area contributed by atoms with Crippen LogP contribution in [0.5, 0.6) is 0 Å². The molecule has 0 atom stereocenters. The second kappa shape index (κ2) is 4.14. The molecule has 65 valence electrons. The van der Waals surface area contributed by atoms with Gasteiger partial charge < -0.3 is 10.7 Å². The highest BCUT2D eigenvalue weighted by Crippen LogP contribution is 2.17. The first-order chi connectivity index (χ1) is 5.92. The summed E-state index contributed by atoms with van der Waals surface area (Å²) in [4.78, 5) is 3.22. The summed E-state index contributed by atoms with van der Waals surface area (Å²) in [5.41, 5.74) is 8.01. The second-order valence-corrected chi connectivity index (χ2v) is 2.90. The molecule has 3 N–H and O–H groups in total. The Morgan fingerprint density at radius 2 is 2.00 bits per heavy atom. The van der Waals surface area contributed by atoms with E-state index in [-0.39, 0.29) is 8.41 Å². The maximum atomic E-state index is 5.50. The lowest BCUT2D eigenvalue weighted by molar-refractivity contribution is 0.976. The van der Waals surface area contributed by atoms with Gasteiger partial charge in [-0.1, -0.05) is 18.2 Å². The molecule has 13 heavy (non-hydrogen) atoms. The lowest BCUT2D eigenvalue weighted by atomic mass is 10.1. The third-order valence-corrected chi connectivity index (χ3v) is 2.09. The summed E-state index contributed by atoms with van der Waals surface area (Å²) in [6.07, 6.45) is 2.99. The van der Waals surface area contributed by atoms with Crippen molar-refractivity contribution in [2.45, 2.75) is 6.42 Å². The van der Waals surface area contributed by atoms with Crippen molar-refractivity contribution in [2.24, 2.45) is 5.73 Å². The molecule has 0 amide bonds. The molecule has 1 heterocycles. The van der Waals surface area contributed by atoms with Gasteiger partial charge in [0.15, 0.2) is 0 Å². The number of aromatic nitrogens is 1. The zero-order valence-corrected chi connectivity index (χ0v) is 7.46. The van der Waals surface area contributed by atoms with Crippen molar-refractivity contribution in [3.63, 3.8) is 0 Å². The molecule has 0 aliphatic carbocycles. The standard InChI is InChI=1S/C10H12N2.B/c11-6-5-8-7-12-10-4-2-1-3-9(8)10;/h1-4,7,12H,5-6,11H2;. The molecule has 2 nitrogen and oxygen atoms in total. The van der Waals surface area contributed by atoms with E-state index in [1.54, 1.807) is 0 Å². The predicted molar refractivity (Wildman–Crippen MR) is 56.8 cm³/mol. The van der Waals surface area contributed by atoms with Gasteiger partial charge in [-0.25, -0.2) is 0 Å². The third kappa shape index (κ3) is 1.75. The van der Waals surface area contributed by atoms with E-state index in [4.69, 9.17) is 5.73 Å². The van der Waals surface area contributed by atoms with Crippen molar-refractivity contribution in [2.75, 3.05) is 6.54 Å². The molecule has 2 aromatic rings. The van der Waals surface area contributed by atoms with Crippen LogP contribution in [0.15, 0.2) is 30.5 Å². The maximum absolute atomic E-state index is 5.50. The highest BCUT2D eigenvalue weighted by atomic mass is 14.7. The number of rotatable bonds is 2. The van der Waals surface area contributed by atoms with E-state index >= 15 is 0 Å². The summed E-state index contributed by atoms with van der Waals surface area (Å²) < 4.78 is 0. The van der Waals surface area contributed by atoms with Gasteiger partial charge in [0, 0.05) is 25.5 Å². The molecule has 0 fully saturated rings. The van der Waals surface area contributed by atoms with Gasteiger partial charge >= 0.3 is 0 Å². The summed E-state index contributed by atoms with van der Waals surface area (Å²) in [6, 6.07) is 8.29. The number of fused-ring (bicyclic) bond motifs is 1. The molecule has 0 spiro atoms. The number of nitrogens with one attached hydrogen (secondary N) is 1. The first-order valence-electron chi connectivity index (χ1n) is 4.17. The predicted octanol–water partition coefficient (Wildman–Crippen LogP) is 1.29. The zero-order chi connectivity index (χ0) is 8.39. The number of hydrogen-bond acceptors (Lipinski definition) is 1.